The van der Waals surface area contributed by atoms with Gasteiger partial charge in [-0.3, -0.25) is 0 Å². The smallest absolute Gasteiger partial charge is 0.0992 e. The molecule has 80 valence electrons. The van der Waals surface area contributed by atoms with Crippen LogP contribution in [0.25, 0.3) is 5.69 Å². The molecule has 4 nitrogen and oxygen atoms in total. The largest absolute Gasteiger partial charge is 0.215 e. The fourth-order valence-corrected chi connectivity index (χ4v) is 1.74. The van der Waals surface area contributed by atoms with Crippen LogP contribution in [-0.2, 0) is 5.88 Å². The molecule has 0 bridgehead atoms. The standard InChI is InChI=1S/C10H6Cl2N4/c11-4-8-6-14-15-16(8)10-2-1-7(5-13)3-9(10)12/h1-3,6H,4H2. The van der Waals surface area contributed by atoms with Gasteiger partial charge in [-0.05, 0) is 18.2 Å². The normalized spacial score (nSPS) is 10.1. The Labute approximate surface area is 102 Å². The number of hydrogen-bond donors (Lipinski definition) is 0. The van der Waals surface area contributed by atoms with Crippen LogP contribution < -0.4 is 0 Å². The van der Waals surface area contributed by atoms with Crippen molar-refractivity contribution < 1.29 is 0 Å². The summed E-state index contributed by atoms with van der Waals surface area (Å²) in [5.74, 6) is 0.295. The Bertz CT molecular complexity index is 556. The van der Waals surface area contributed by atoms with Crippen LogP contribution >= 0.6 is 23.2 Å². The van der Waals surface area contributed by atoms with Crippen LogP contribution in [0.3, 0.4) is 0 Å². The van der Waals surface area contributed by atoms with Crippen LogP contribution in [0, 0.1) is 11.3 Å². The lowest BCUT2D eigenvalue weighted by Gasteiger charge is -2.06. The predicted molar refractivity (Wildman–Crippen MR) is 60.6 cm³/mol. The van der Waals surface area contributed by atoms with E-state index in [0.29, 0.717) is 22.2 Å². The van der Waals surface area contributed by atoms with E-state index in [1.807, 2.05) is 6.07 Å². The van der Waals surface area contributed by atoms with Crippen LogP contribution in [0.1, 0.15) is 11.3 Å². The Morgan fingerprint density at radius 1 is 1.44 bits per heavy atom. The van der Waals surface area contributed by atoms with Gasteiger partial charge in [0, 0.05) is 0 Å². The van der Waals surface area contributed by atoms with Crippen molar-refractivity contribution in [3.05, 3.63) is 40.7 Å². The first-order chi connectivity index (χ1) is 7.76. The van der Waals surface area contributed by atoms with Crippen LogP contribution in [0.2, 0.25) is 5.02 Å². The third-order valence-electron chi connectivity index (χ3n) is 2.06. The van der Waals surface area contributed by atoms with E-state index in [4.69, 9.17) is 28.5 Å². The van der Waals surface area contributed by atoms with E-state index in [1.165, 1.54) is 0 Å². The molecule has 1 heterocycles. The summed E-state index contributed by atoms with van der Waals surface area (Å²) in [5.41, 5.74) is 1.91. The third-order valence-corrected chi connectivity index (χ3v) is 2.64. The van der Waals surface area contributed by atoms with Gasteiger partial charge in [0.2, 0.25) is 0 Å². The first-order valence-corrected chi connectivity index (χ1v) is 5.33. The average molecular weight is 253 g/mol. The highest BCUT2D eigenvalue weighted by atomic mass is 35.5. The highest BCUT2D eigenvalue weighted by Gasteiger charge is 2.09. The number of nitrogens with zero attached hydrogens (tertiary/aromatic N) is 4. The van der Waals surface area contributed by atoms with E-state index >= 15 is 0 Å². The molecule has 0 saturated carbocycles. The molecule has 0 aliphatic heterocycles. The maximum atomic E-state index is 8.72. The molecule has 0 fully saturated rings. The van der Waals surface area contributed by atoms with E-state index in [9.17, 15) is 0 Å². The van der Waals surface area contributed by atoms with Crippen LogP contribution in [0.5, 0.6) is 0 Å². The Balaban J connectivity index is 2.53. The van der Waals surface area contributed by atoms with Gasteiger partial charge in [0.05, 0.1) is 40.1 Å². The minimum absolute atomic E-state index is 0.295. The minimum Gasteiger partial charge on any atom is -0.215 e. The molecule has 0 N–H and O–H groups in total. The monoisotopic (exact) mass is 252 g/mol. The van der Waals surface area contributed by atoms with Gasteiger partial charge in [0.1, 0.15) is 0 Å². The van der Waals surface area contributed by atoms with Crippen molar-refractivity contribution in [2.24, 2.45) is 0 Å². The van der Waals surface area contributed by atoms with E-state index in [2.05, 4.69) is 10.3 Å². The maximum Gasteiger partial charge on any atom is 0.0992 e. The number of hydrogen-bond acceptors (Lipinski definition) is 3. The SMILES string of the molecule is N#Cc1ccc(-n2nncc2CCl)c(Cl)c1. The molecule has 1 aromatic carbocycles. The quantitative estimate of drug-likeness (QED) is 0.772. The Morgan fingerprint density at radius 2 is 2.25 bits per heavy atom. The molecule has 0 spiro atoms. The number of aromatic nitrogens is 3. The molecule has 0 radical (unpaired) electrons. The zero-order valence-corrected chi connectivity index (χ0v) is 9.57. The van der Waals surface area contributed by atoms with Gasteiger partial charge in [-0.1, -0.05) is 16.8 Å². The predicted octanol–water partition coefficient (Wildman–Crippen LogP) is 2.53. The van der Waals surface area contributed by atoms with Crippen molar-refractivity contribution in [3.8, 4) is 11.8 Å². The summed E-state index contributed by atoms with van der Waals surface area (Å²) in [4.78, 5) is 0. The zero-order valence-electron chi connectivity index (χ0n) is 8.06. The lowest BCUT2D eigenvalue weighted by atomic mass is 10.2. The first-order valence-electron chi connectivity index (χ1n) is 4.42. The van der Waals surface area contributed by atoms with Crippen molar-refractivity contribution >= 4 is 23.2 Å². The fraction of sp³-hybridized carbons (Fsp3) is 0.100. The molecular formula is C10H6Cl2N4. The topological polar surface area (TPSA) is 54.5 Å². The molecule has 0 saturated heterocycles. The van der Waals surface area contributed by atoms with E-state index in [0.717, 1.165) is 5.69 Å². The molecule has 2 rings (SSSR count). The van der Waals surface area contributed by atoms with Crippen molar-refractivity contribution in [1.29, 1.82) is 5.26 Å². The van der Waals surface area contributed by atoms with Gasteiger partial charge in [-0.15, -0.1) is 16.7 Å². The summed E-state index contributed by atoms with van der Waals surface area (Å²) in [6, 6.07) is 6.97. The van der Waals surface area contributed by atoms with Crippen molar-refractivity contribution in [1.82, 2.24) is 15.0 Å². The maximum absolute atomic E-state index is 8.72. The molecule has 0 atom stereocenters. The average Bonchev–Trinajstić information content (AvgIpc) is 2.76. The van der Waals surface area contributed by atoms with Crippen LogP contribution in [-0.4, -0.2) is 15.0 Å². The number of rotatable bonds is 2. The second-order valence-electron chi connectivity index (χ2n) is 3.05. The number of benzene rings is 1. The van der Waals surface area contributed by atoms with Crippen LogP contribution in [0.15, 0.2) is 24.4 Å². The van der Waals surface area contributed by atoms with Gasteiger partial charge >= 0.3 is 0 Å². The highest BCUT2D eigenvalue weighted by Crippen LogP contribution is 2.22. The Morgan fingerprint density at radius 3 is 2.88 bits per heavy atom. The lowest BCUT2D eigenvalue weighted by Crippen LogP contribution is -2.01. The van der Waals surface area contributed by atoms with Crippen LogP contribution in [0.4, 0.5) is 0 Å². The van der Waals surface area contributed by atoms with Gasteiger partial charge < -0.3 is 0 Å². The Hall–Kier alpha value is -1.57. The molecule has 0 aliphatic rings. The third kappa shape index (κ3) is 1.87. The van der Waals surface area contributed by atoms with E-state index < -0.39 is 0 Å². The molecule has 16 heavy (non-hydrogen) atoms. The Kier molecular flexibility index (Phi) is 3.09. The van der Waals surface area contributed by atoms with Crippen molar-refractivity contribution in [2.45, 2.75) is 5.88 Å². The summed E-state index contributed by atoms with van der Waals surface area (Å²) in [6.07, 6.45) is 1.57. The number of nitriles is 1. The molecule has 0 amide bonds. The summed E-state index contributed by atoms with van der Waals surface area (Å²) in [6.45, 7) is 0. The first kappa shape index (κ1) is 10.9. The summed E-state index contributed by atoms with van der Waals surface area (Å²) >= 11 is 11.8. The molecular weight excluding hydrogens is 247 g/mol. The van der Waals surface area contributed by atoms with E-state index in [1.54, 1.807) is 29.1 Å². The summed E-state index contributed by atoms with van der Waals surface area (Å²) in [7, 11) is 0. The lowest BCUT2D eigenvalue weighted by molar-refractivity contribution is 0.781. The fourth-order valence-electron chi connectivity index (χ4n) is 1.30. The van der Waals surface area contributed by atoms with Gasteiger partial charge in [0.15, 0.2) is 0 Å². The van der Waals surface area contributed by atoms with Gasteiger partial charge in [0.25, 0.3) is 0 Å². The second kappa shape index (κ2) is 4.52. The summed E-state index contributed by atoms with van der Waals surface area (Å²) in [5, 5.41) is 16.8. The molecule has 0 aliphatic carbocycles. The number of alkyl halides is 1. The number of halogens is 2. The molecule has 2 aromatic rings. The minimum atomic E-state index is 0.295. The zero-order chi connectivity index (χ0) is 11.5. The van der Waals surface area contributed by atoms with Crippen molar-refractivity contribution in [2.75, 3.05) is 0 Å². The molecule has 1 aromatic heterocycles. The van der Waals surface area contributed by atoms with Gasteiger partial charge in [-0.2, -0.15) is 5.26 Å². The second-order valence-corrected chi connectivity index (χ2v) is 3.72. The van der Waals surface area contributed by atoms with Gasteiger partial charge in [-0.25, -0.2) is 4.68 Å². The van der Waals surface area contributed by atoms with E-state index in [-0.39, 0.29) is 0 Å². The van der Waals surface area contributed by atoms with Crippen molar-refractivity contribution in [3.63, 3.8) is 0 Å². The highest BCUT2D eigenvalue weighted by molar-refractivity contribution is 6.32. The summed E-state index contributed by atoms with van der Waals surface area (Å²) < 4.78 is 1.55. The molecule has 6 heteroatoms. The molecule has 0 unspecified atom stereocenters.